The maximum Gasteiger partial charge on any atom is 0.416 e. The van der Waals surface area contributed by atoms with Crippen LogP contribution in [0.15, 0.2) is 24.3 Å². The van der Waals surface area contributed by atoms with E-state index in [2.05, 4.69) is 11.4 Å². The third-order valence-corrected chi connectivity index (χ3v) is 2.28. The number of rotatable bonds is 4. The van der Waals surface area contributed by atoms with Gasteiger partial charge in [0, 0.05) is 13.1 Å². The van der Waals surface area contributed by atoms with Crippen LogP contribution in [0.4, 0.5) is 13.2 Å². The lowest BCUT2D eigenvalue weighted by Gasteiger charge is -2.09. The van der Waals surface area contributed by atoms with Gasteiger partial charge in [-0.2, -0.15) is 18.4 Å². The summed E-state index contributed by atoms with van der Waals surface area (Å²) in [4.78, 5) is 0. The third-order valence-electron chi connectivity index (χ3n) is 2.28. The van der Waals surface area contributed by atoms with E-state index in [1.54, 1.807) is 6.92 Å². The van der Waals surface area contributed by atoms with Crippen molar-refractivity contribution in [1.82, 2.24) is 5.32 Å². The Morgan fingerprint density at radius 3 is 2.35 bits per heavy atom. The Kier molecular flexibility index (Phi) is 4.53. The molecule has 1 aromatic rings. The van der Waals surface area contributed by atoms with Gasteiger partial charge in [-0.3, -0.25) is 0 Å². The summed E-state index contributed by atoms with van der Waals surface area (Å²) in [5, 5.41) is 11.5. The van der Waals surface area contributed by atoms with E-state index in [1.165, 1.54) is 12.1 Å². The lowest BCUT2D eigenvalue weighted by molar-refractivity contribution is -0.137. The van der Waals surface area contributed by atoms with Crippen LogP contribution in [0.2, 0.25) is 0 Å². The maximum atomic E-state index is 12.3. The minimum atomic E-state index is -4.29. The normalized spacial score (nSPS) is 13.1. The van der Waals surface area contributed by atoms with Crippen LogP contribution in [-0.2, 0) is 12.7 Å². The molecule has 0 aliphatic heterocycles. The summed E-state index contributed by atoms with van der Waals surface area (Å²) in [6.07, 6.45) is -4.29. The Morgan fingerprint density at radius 1 is 1.29 bits per heavy atom. The van der Waals surface area contributed by atoms with Crippen LogP contribution in [0, 0.1) is 17.2 Å². The van der Waals surface area contributed by atoms with Crippen molar-refractivity contribution < 1.29 is 13.2 Å². The number of nitrogens with one attached hydrogen (secondary N) is 1. The molecule has 0 spiro atoms. The Labute approximate surface area is 98.1 Å². The Morgan fingerprint density at radius 2 is 1.88 bits per heavy atom. The van der Waals surface area contributed by atoms with E-state index >= 15 is 0 Å². The monoisotopic (exact) mass is 242 g/mol. The van der Waals surface area contributed by atoms with Crippen LogP contribution in [0.1, 0.15) is 18.1 Å². The molecule has 0 heterocycles. The molecular formula is C12H13F3N2. The van der Waals surface area contributed by atoms with Crippen molar-refractivity contribution in [3.8, 4) is 6.07 Å². The topological polar surface area (TPSA) is 35.8 Å². The van der Waals surface area contributed by atoms with Gasteiger partial charge in [-0.05, 0) is 24.6 Å². The van der Waals surface area contributed by atoms with Gasteiger partial charge >= 0.3 is 6.18 Å². The van der Waals surface area contributed by atoms with Gasteiger partial charge in [-0.1, -0.05) is 12.1 Å². The molecule has 0 saturated carbocycles. The third kappa shape index (κ3) is 4.45. The van der Waals surface area contributed by atoms with Gasteiger partial charge in [0.1, 0.15) is 0 Å². The molecule has 1 unspecified atom stereocenters. The molecule has 1 rings (SSSR count). The zero-order chi connectivity index (χ0) is 12.9. The predicted molar refractivity (Wildman–Crippen MR) is 57.9 cm³/mol. The van der Waals surface area contributed by atoms with Gasteiger partial charge in [-0.25, -0.2) is 0 Å². The van der Waals surface area contributed by atoms with Crippen LogP contribution in [0.3, 0.4) is 0 Å². The van der Waals surface area contributed by atoms with E-state index in [9.17, 15) is 13.2 Å². The quantitative estimate of drug-likeness (QED) is 0.881. The largest absolute Gasteiger partial charge is 0.416 e. The lowest BCUT2D eigenvalue weighted by atomic mass is 10.1. The second-order valence-corrected chi connectivity index (χ2v) is 3.86. The summed E-state index contributed by atoms with van der Waals surface area (Å²) in [6, 6.07) is 7.06. The Bertz CT molecular complexity index is 390. The SMILES string of the molecule is CC(C#N)CNCc1ccc(C(F)(F)F)cc1. The average molecular weight is 242 g/mol. The van der Waals surface area contributed by atoms with E-state index in [0.29, 0.717) is 13.1 Å². The fourth-order valence-electron chi connectivity index (χ4n) is 1.29. The summed E-state index contributed by atoms with van der Waals surface area (Å²) in [5.41, 5.74) is 0.120. The van der Waals surface area contributed by atoms with Gasteiger partial charge in [0.05, 0.1) is 17.6 Å². The van der Waals surface area contributed by atoms with Crippen molar-refractivity contribution in [2.45, 2.75) is 19.6 Å². The fourth-order valence-corrected chi connectivity index (χ4v) is 1.29. The second-order valence-electron chi connectivity index (χ2n) is 3.86. The first-order valence-electron chi connectivity index (χ1n) is 5.20. The summed E-state index contributed by atoms with van der Waals surface area (Å²) in [7, 11) is 0. The number of nitrogens with zero attached hydrogens (tertiary/aromatic N) is 1. The van der Waals surface area contributed by atoms with Crippen LogP contribution in [0.25, 0.3) is 0 Å². The highest BCUT2D eigenvalue weighted by Gasteiger charge is 2.29. The number of alkyl halides is 3. The number of benzene rings is 1. The molecular weight excluding hydrogens is 229 g/mol. The van der Waals surface area contributed by atoms with Gasteiger partial charge in [0.2, 0.25) is 0 Å². The average Bonchev–Trinajstić information content (AvgIpc) is 2.28. The molecule has 1 atom stereocenters. The summed E-state index contributed by atoms with van der Waals surface area (Å²) in [6.45, 7) is 2.77. The maximum absolute atomic E-state index is 12.3. The van der Waals surface area contributed by atoms with E-state index in [1.807, 2.05) is 0 Å². The van der Waals surface area contributed by atoms with Crippen LogP contribution >= 0.6 is 0 Å². The van der Waals surface area contributed by atoms with Gasteiger partial charge in [0.15, 0.2) is 0 Å². The van der Waals surface area contributed by atoms with Crippen molar-refractivity contribution >= 4 is 0 Å². The van der Waals surface area contributed by atoms with Gasteiger partial charge < -0.3 is 5.32 Å². The summed E-state index contributed by atoms with van der Waals surface area (Å²) in [5.74, 6) is -0.107. The predicted octanol–water partition coefficient (Wildman–Crippen LogP) is 2.95. The second kappa shape index (κ2) is 5.69. The molecule has 0 amide bonds. The summed E-state index contributed by atoms with van der Waals surface area (Å²) < 4.78 is 36.8. The smallest absolute Gasteiger partial charge is 0.311 e. The molecule has 92 valence electrons. The van der Waals surface area contributed by atoms with Crippen molar-refractivity contribution in [2.24, 2.45) is 5.92 Å². The van der Waals surface area contributed by atoms with E-state index < -0.39 is 11.7 Å². The van der Waals surface area contributed by atoms with Gasteiger partial charge in [0.25, 0.3) is 0 Å². The highest BCUT2D eigenvalue weighted by atomic mass is 19.4. The number of hydrogen-bond donors (Lipinski definition) is 1. The zero-order valence-corrected chi connectivity index (χ0v) is 9.38. The molecule has 0 aromatic heterocycles. The Hall–Kier alpha value is -1.54. The zero-order valence-electron chi connectivity index (χ0n) is 9.38. The molecule has 0 fully saturated rings. The Balaban J connectivity index is 2.50. The van der Waals surface area contributed by atoms with E-state index in [4.69, 9.17) is 5.26 Å². The van der Waals surface area contributed by atoms with Crippen molar-refractivity contribution in [3.63, 3.8) is 0 Å². The fraction of sp³-hybridized carbons (Fsp3) is 0.417. The van der Waals surface area contributed by atoms with Crippen LogP contribution in [-0.4, -0.2) is 6.54 Å². The van der Waals surface area contributed by atoms with Crippen molar-refractivity contribution in [3.05, 3.63) is 35.4 Å². The number of nitriles is 1. The molecule has 17 heavy (non-hydrogen) atoms. The minimum absolute atomic E-state index is 0.107. The minimum Gasteiger partial charge on any atom is -0.311 e. The standard InChI is InChI=1S/C12H13F3N2/c1-9(6-16)7-17-8-10-2-4-11(5-3-10)12(13,14)15/h2-5,9,17H,7-8H2,1H3. The highest BCUT2D eigenvalue weighted by molar-refractivity contribution is 5.24. The number of halogens is 3. The highest BCUT2D eigenvalue weighted by Crippen LogP contribution is 2.28. The van der Waals surface area contributed by atoms with E-state index in [-0.39, 0.29) is 5.92 Å². The van der Waals surface area contributed by atoms with Crippen molar-refractivity contribution in [1.29, 1.82) is 5.26 Å². The van der Waals surface area contributed by atoms with Crippen LogP contribution < -0.4 is 5.32 Å². The van der Waals surface area contributed by atoms with Crippen molar-refractivity contribution in [2.75, 3.05) is 6.54 Å². The van der Waals surface area contributed by atoms with E-state index in [0.717, 1.165) is 17.7 Å². The first-order valence-corrected chi connectivity index (χ1v) is 5.20. The van der Waals surface area contributed by atoms with Crippen LogP contribution in [0.5, 0.6) is 0 Å². The molecule has 1 N–H and O–H groups in total. The molecule has 0 aliphatic carbocycles. The van der Waals surface area contributed by atoms with Gasteiger partial charge in [-0.15, -0.1) is 0 Å². The molecule has 0 aliphatic rings. The lowest BCUT2D eigenvalue weighted by Crippen LogP contribution is -2.19. The number of hydrogen-bond acceptors (Lipinski definition) is 2. The molecule has 0 radical (unpaired) electrons. The molecule has 5 heteroatoms. The molecule has 1 aromatic carbocycles. The first-order chi connectivity index (χ1) is 7.93. The first kappa shape index (κ1) is 13.5. The molecule has 0 saturated heterocycles. The summed E-state index contributed by atoms with van der Waals surface area (Å²) >= 11 is 0. The molecule has 0 bridgehead atoms. The molecule has 2 nitrogen and oxygen atoms in total.